The van der Waals surface area contributed by atoms with E-state index in [9.17, 15) is 19.0 Å². The van der Waals surface area contributed by atoms with Crippen LogP contribution < -0.4 is 5.32 Å². The molecule has 0 aliphatic carbocycles. The molecule has 0 heterocycles. The van der Waals surface area contributed by atoms with Crippen LogP contribution in [-0.2, 0) is 27.9 Å². The number of nitrogens with zero attached hydrogens (tertiary/aromatic N) is 1. The highest BCUT2D eigenvalue weighted by Crippen LogP contribution is 2.43. The van der Waals surface area contributed by atoms with Crippen LogP contribution in [0.25, 0.3) is 0 Å². The fourth-order valence-electron chi connectivity index (χ4n) is 9.34. The van der Waals surface area contributed by atoms with Crippen molar-refractivity contribution in [3.05, 3.63) is 36.5 Å². The van der Waals surface area contributed by atoms with Gasteiger partial charge in [-0.05, 0) is 83.1 Å². The largest absolute Gasteiger partial charge is 0.472 e. The molecule has 0 aliphatic heterocycles. The summed E-state index contributed by atoms with van der Waals surface area (Å²) in [6.07, 6.45) is 65.8. The van der Waals surface area contributed by atoms with Crippen molar-refractivity contribution in [1.29, 1.82) is 0 Å². The number of esters is 1. The molecule has 2 N–H and O–H groups in total. The summed E-state index contributed by atoms with van der Waals surface area (Å²) >= 11 is 0. The van der Waals surface area contributed by atoms with Crippen molar-refractivity contribution < 1.29 is 37.3 Å². The summed E-state index contributed by atoms with van der Waals surface area (Å²) in [5.74, 6) is -0.513. The molecule has 9 nitrogen and oxygen atoms in total. The number of hydrogen-bond donors (Lipinski definition) is 2. The topological polar surface area (TPSA) is 111 Å². The van der Waals surface area contributed by atoms with E-state index in [0.29, 0.717) is 17.4 Å². The molecule has 436 valence electrons. The van der Waals surface area contributed by atoms with E-state index in [0.717, 1.165) is 70.6 Å². The predicted molar refractivity (Wildman–Crippen MR) is 319 cm³/mol. The van der Waals surface area contributed by atoms with Crippen molar-refractivity contribution in [3.8, 4) is 0 Å². The van der Waals surface area contributed by atoms with Crippen LogP contribution in [-0.4, -0.2) is 74.3 Å². The van der Waals surface area contributed by atoms with Gasteiger partial charge in [-0.1, -0.05) is 250 Å². The molecule has 0 saturated carbocycles. The Hall–Kier alpha value is -1.77. The molecule has 1 amide bonds. The molecule has 0 radical (unpaired) electrons. The minimum absolute atomic E-state index is 0.0399. The van der Waals surface area contributed by atoms with Crippen molar-refractivity contribution in [3.63, 3.8) is 0 Å². The first-order valence-corrected chi connectivity index (χ1v) is 33.3. The van der Waals surface area contributed by atoms with E-state index in [-0.39, 0.29) is 31.5 Å². The number of allylic oxidation sites excluding steroid dienone is 5. The zero-order chi connectivity index (χ0) is 54.3. The number of phosphoric ester groups is 1. The highest BCUT2D eigenvalue weighted by molar-refractivity contribution is 7.47. The van der Waals surface area contributed by atoms with Crippen molar-refractivity contribution in [1.82, 2.24) is 5.32 Å². The van der Waals surface area contributed by atoms with Crippen LogP contribution in [0.4, 0.5) is 0 Å². The summed E-state index contributed by atoms with van der Waals surface area (Å²) in [6, 6.07) is -0.851. The lowest BCUT2D eigenvalue weighted by Gasteiger charge is -2.27. The van der Waals surface area contributed by atoms with Gasteiger partial charge in [0.15, 0.2) is 0 Å². The molecular formula is C64H124N2O7P+. The third-order valence-corrected chi connectivity index (χ3v) is 15.3. The van der Waals surface area contributed by atoms with Crippen LogP contribution in [0.5, 0.6) is 0 Å². The first-order valence-electron chi connectivity index (χ1n) is 31.8. The van der Waals surface area contributed by atoms with Gasteiger partial charge >= 0.3 is 13.8 Å². The molecule has 0 rings (SSSR count). The zero-order valence-electron chi connectivity index (χ0n) is 49.9. The molecule has 0 saturated heterocycles. The summed E-state index contributed by atoms with van der Waals surface area (Å²) in [6.45, 7) is 7.02. The first-order chi connectivity index (χ1) is 35.9. The highest BCUT2D eigenvalue weighted by Gasteiger charge is 2.30. The lowest BCUT2D eigenvalue weighted by Crippen LogP contribution is -2.47. The predicted octanol–water partition coefficient (Wildman–Crippen LogP) is 19.5. The molecule has 0 bridgehead atoms. The van der Waals surface area contributed by atoms with E-state index < -0.39 is 20.0 Å². The number of ether oxygens (including phenoxy) is 1. The summed E-state index contributed by atoms with van der Waals surface area (Å²) in [5.41, 5.74) is 0. The van der Waals surface area contributed by atoms with E-state index in [1.807, 2.05) is 33.3 Å². The Morgan fingerprint density at radius 1 is 0.459 bits per heavy atom. The first kappa shape index (κ1) is 72.2. The Morgan fingerprint density at radius 3 is 1.16 bits per heavy atom. The van der Waals surface area contributed by atoms with E-state index in [4.69, 9.17) is 13.8 Å². The molecule has 0 aromatic heterocycles. The number of nitrogens with one attached hydrogen (secondary N) is 1. The normalized spacial score (nSPS) is 13.9. The molecule has 0 fully saturated rings. The molecule has 0 aliphatic rings. The quantitative estimate of drug-likeness (QED) is 0.0205. The van der Waals surface area contributed by atoms with Gasteiger partial charge in [-0.3, -0.25) is 18.6 Å². The summed E-state index contributed by atoms with van der Waals surface area (Å²) in [4.78, 5) is 37.7. The van der Waals surface area contributed by atoms with Crippen LogP contribution in [0.15, 0.2) is 36.5 Å². The van der Waals surface area contributed by atoms with Crippen LogP contribution in [0, 0.1) is 0 Å². The number of rotatable bonds is 58. The Kier molecular flexibility index (Phi) is 53.3. The van der Waals surface area contributed by atoms with Crippen LogP contribution in [0.3, 0.4) is 0 Å². The van der Waals surface area contributed by atoms with Gasteiger partial charge in [-0.15, -0.1) is 0 Å². The van der Waals surface area contributed by atoms with Gasteiger partial charge < -0.3 is 19.4 Å². The second kappa shape index (κ2) is 54.6. The van der Waals surface area contributed by atoms with Gasteiger partial charge in [0.1, 0.15) is 19.3 Å². The fourth-order valence-corrected chi connectivity index (χ4v) is 10.1. The Bertz CT molecular complexity index is 1360. The fraction of sp³-hybridized carbons (Fsp3) is 0.875. The van der Waals surface area contributed by atoms with Crippen LogP contribution >= 0.6 is 7.82 Å². The van der Waals surface area contributed by atoms with E-state index in [1.165, 1.54) is 205 Å². The molecule has 0 aromatic carbocycles. The highest BCUT2D eigenvalue weighted by atomic mass is 31.2. The third-order valence-electron chi connectivity index (χ3n) is 14.3. The Labute approximate surface area is 459 Å². The standard InChI is InChI=1S/C64H123N2O7P/c1-7-10-13-16-19-22-25-28-29-30-31-32-33-34-35-36-37-39-41-44-47-50-53-56-63(67)65-61(60-72-74(69,70)71-59-58-66(4,5)6)62(55-52-49-46-43-40-27-24-21-18-15-12-9-3)73-64(68)57-54-51-48-45-42-38-26-23-20-17-14-11-8-2/h28-29,38,42,52,55,61-62H,7-27,30-37,39-41,43-51,53-54,56-60H2,1-6H3,(H-,65,67,69,70)/p+1/b29-28+,42-38-,55-52-. The molecule has 3 unspecified atom stereocenters. The number of carbonyl (C=O) groups is 2. The van der Waals surface area contributed by atoms with E-state index in [2.05, 4.69) is 50.4 Å². The monoisotopic (exact) mass is 1060 g/mol. The van der Waals surface area contributed by atoms with Crippen LogP contribution in [0.2, 0.25) is 0 Å². The maximum atomic E-state index is 13.5. The second-order valence-corrected chi connectivity index (χ2v) is 24.4. The number of quaternary nitrogens is 1. The summed E-state index contributed by atoms with van der Waals surface area (Å²) in [7, 11) is 1.50. The minimum Gasteiger partial charge on any atom is -0.456 e. The van der Waals surface area contributed by atoms with E-state index >= 15 is 0 Å². The molecule has 0 aromatic rings. The lowest BCUT2D eigenvalue weighted by atomic mass is 10.0. The second-order valence-electron chi connectivity index (χ2n) is 22.9. The van der Waals surface area contributed by atoms with Gasteiger partial charge in [0.25, 0.3) is 0 Å². The molecule has 10 heteroatoms. The van der Waals surface area contributed by atoms with Gasteiger partial charge in [-0.25, -0.2) is 4.57 Å². The number of carbonyl (C=O) groups excluding carboxylic acids is 2. The minimum atomic E-state index is -4.45. The zero-order valence-corrected chi connectivity index (χ0v) is 50.7. The van der Waals surface area contributed by atoms with Crippen molar-refractivity contribution in [2.24, 2.45) is 0 Å². The number of unbranched alkanes of at least 4 members (excludes halogenated alkanes) is 38. The van der Waals surface area contributed by atoms with Crippen molar-refractivity contribution in [2.75, 3.05) is 40.9 Å². The van der Waals surface area contributed by atoms with Gasteiger partial charge in [0.05, 0.1) is 33.8 Å². The number of phosphoric acid groups is 1. The van der Waals surface area contributed by atoms with Crippen molar-refractivity contribution in [2.45, 2.75) is 322 Å². The van der Waals surface area contributed by atoms with Gasteiger partial charge in [-0.2, -0.15) is 0 Å². The number of likely N-dealkylation sites (N-methyl/N-ethyl adjacent to an activating group) is 1. The Balaban J connectivity index is 5.13. The lowest BCUT2D eigenvalue weighted by molar-refractivity contribution is -0.870. The molecule has 0 spiro atoms. The third kappa shape index (κ3) is 55.0. The van der Waals surface area contributed by atoms with Crippen LogP contribution in [0.1, 0.15) is 310 Å². The maximum Gasteiger partial charge on any atom is 0.472 e. The maximum absolute atomic E-state index is 13.5. The molecular weight excluding hydrogens is 940 g/mol. The average molecular weight is 1060 g/mol. The summed E-state index contributed by atoms with van der Waals surface area (Å²) in [5, 5.41) is 3.06. The summed E-state index contributed by atoms with van der Waals surface area (Å²) < 4.78 is 30.7. The average Bonchev–Trinajstić information content (AvgIpc) is 3.36. The smallest absolute Gasteiger partial charge is 0.456 e. The van der Waals surface area contributed by atoms with E-state index in [1.54, 1.807) is 0 Å². The molecule has 3 atom stereocenters. The number of amides is 1. The Morgan fingerprint density at radius 2 is 0.784 bits per heavy atom. The molecule has 74 heavy (non-hydrogen) atoms. The van der Waals surface area contributed by atoms with Crippen molar-refractivity contribution >= 4 is 19.7 Å². The van der Waals surface area contributed by atoms with Gasteiger partial charge in [0.2, 0.25) is 5.91 Å². The van der Waals surface area contributed by atoms with Gasteiger partial charge in [0, 0.05) is 12.8 Å². The number of hydrogen-bond acceptors (Lipinski definition) is 6. The SMILES string of the molecule is CCCCCCCC/C=C\CCCCCC(=O)OC(/C=C\CCCCCCCCCCCC)C(COP(=O)(O)OCC[N+](C)(C)C)NC(=O)CCCCCCCCCCCCCCC/C=C/CCCCCCCC.